The molecule has 0 radical (unpaired) electrons. The van der Waals surface area contributed by atoms with Gasteiger partial charge in [-0.25, -0.2) is 0 Å². The summed E-state index contributed by atoms with van der Waals surface area (Å²) in [6, 6.07) is 3.76. The fraction of sp³-hybridized carbons (Fsp3) is 0.538. The van der Waals surface area contributed by atoms with Gasteiger partial charge < -0.3 is 15.3 Å². The summed E-state index contributed by atoms with van der Waals surface area (Å²) in [5.74, 6) is -1.66. The minimum atomic E-state index is -0.841. The summed E-state index contributed by atoms with van der Waals surface area (Å²) in [7, 11) is 0. The van der Waals surface area contributed by atoms with Crippen LogP contribution in [-0.2, 0) is 9.59 Å². The van der Waals surface area contributed by atoms with Crippen LogP contribution in [0.15, 0.2) is 11.8 Å². The number of nitrogens with one attached hydrogen (secondary N) is 1. The van der Waals surface area contributed by atoms with Gasteiger partial charge in [0.1, 0.15) is 11.6 Å². The fourth-order valence-corrected chi connectivity index (χ4v) is 1.94. The predicted molar refractivity (Wildman–Crippen MR) is 68.9 cm³/mol. The number of nitriles is 2. The number of hydrogen-bond donors (Lipinski definition) is 2. The molecule has 0 aliphatic carbocycles. The topological polar surface area (TPSA) is 117 Å². The van der Waals surface area contributed by atoms with Gasteiger partial charge in [-0.15, -0.1) is 0 Å². The average Bonchev–Trinajstić information content (AvgIpc) is 2.47. The Bertz CT molecular complexity index is 479. The molecule has 2 N–H and O–H groups in total. The molecule has 1 heterocycles. The van der Waals surface area contributed by atoms with Crippen molar-refractivity contribution >= 4 is 11.9 Å². The third-order valence-electron chi connectivity index (χ3n) is 3.11. The van der Waals surface area contributed by atoms with Crippen molar-refractivity contribution < 1.29 is 14.7 Å². The summed E-state index contributed by atoms with van der Waals surface area (Å²) < 4.78 is 0. The minimum Gasteiger partial charge on any atom is -0.481 e. The number of carboxylic acids is 1. The molecule has 20 heavy (non-hydrogen) atoms. The third-order valence-corrected chi connectivity index (χ3v) is 3.11. The van der Waals surface area contributed by atoms with Crippen LogP contribution in [0.5, 0.6) is 0 Å². The largest absolute Gasteiger partial charge is 0.481 e. The molecule has 7 nitrogen and oxygen atoms in total. The van der Waals surface area contributed by atoms with Crippen LogP contribution in [0.1, 0.15) is 19.3 Å². The monoisotopic (exact) mass is 276 g/mol. The summed E-state index contributed by atoms with van der Waals surface area (Å²) in [6.45, 7) is 1.05. The van der Waals surface area contributed by atoms with Crippen LogP contribution in [0.25, 0.3) is 0 Å². The first-order chi connectivity index (χ1) is 9.60. The maximum absolute atomic E-state index is 12.1. The quantitative estimate of drug-likeness (QED) is 0.421. The zero-order chi connectivity index (χ0) is 15.0. The number of piperidine rings is 1. The van der Waals surface area contributed by atoms with Crippen molar-refractivity contribution in [1.82, 2.24) is 10.2 Å². The van der Waals surface area contributed by atoms with Gasteiger partial charge in [0.05, 0.1) is 18.4 Å². The summed E-state index contributed by atoms with van der Waals surface area (Å²) in [6.07, 6.45) is 2.40. The van der Waals surface area contributed by atoms with E-state index in [1.54, 1.807) is 0 Å². The van der Waals surface area contributed by atoms with Gasteiger partial charge in [0.25, 0.3) is 5.91 Å². The first-order valence-electron chi connectivity index (χ1n) is 6.32. The predicted octanol–water partition coefficient (Wildman–Crippen LogP) is 0.220. The number of carbonyl (C=O) groups excluding carboxylic acids is 1. The first kappa shape index (κ1) is 15.5. The van der Waals surface area contributed by atoms with E-state index in [4.69, 9.17) is 15.6 Å². The van der Waals surface area contributed by atoms with E-state index in [-0.39, 0.29) is 12.0 Å². The number of nitrogens with zero attached hydrogens (tertiary/aromatic N) is 3. The highest BCUT2D eigenvalue weighted by Gasteiger charge is 2.28. The zero-order valence-electron chi connectivity index (χ0n) is 11.0. The van der Waals surface area contributed by atoms with Crippen LogP contribution in [0.3, 0.4) is 0 Å². The average molecular weight is 276 g/mol. The first-order valence-corrected chi connectivity index (χ1v) is 6.32. The minimum absolute atomic E-state index is 0.0308. The second-order valence-electron chi connectivity index (χ2n) is 4.44. The molecule has 1 saturated heterocycles. The highest BCUT2D eigenvalue weighted by atomic mass is 16.4. The molecular formula is C13H16N4O3. The Balaban J connectivity index is 2.54. The molecule has 0 bridgehead atoms. The van der Waals surface area contributed by atoms with Crippen LogP contribution >= 0.6 is 0 Å². The van der Waals surface area contributed by atoms with Crippen molar-refractivity contribution in [3.05, 3.63) is 11.8 Å². The van der Waals surface area contributed by atoms with Gasteiger partial charge >= 0.3 is 5.97 Å². The van der Waals surface area contributed by atoms with Crippen LogP contribution in [0.4, 0.5) is 0 Å². The van der Waals surface area contributed by atoms with Crippen molar-refractivity contribution in [1.29, 1.82) is 10.5 Å². The third kappa shape index (κ3) is 4.29. The molecule has 0 aromatic heterocycles. The summed E-state index contributed by atoms with van der Waals surface area (Å²) in [5.41, 5.74) is -0.0308. The van der Waals surface area contributed by atoms with E-state index >= 15 is 0 Å². The molecule has 1 fully saturated rings. The lowest BCUT2D eigenvalue weighted by Crippen LogP contribution is -2.41. The highest BCUT2D eigenvalue weighted by molar-refractivity contribution is 5.97. The summed E-state index contributed by atoms with van der Waals surface area (Å²) >= 11 is 0. The van der Waals surface area contributed by atoms with Crippen molar-refractivity contribution in [2.75, 3.05) is 19.6 Å². The molecule has 0 unspecified atom stereocenters. The van der Waals surface area contributed by atoms with E-state index in [0.717, 1.165) is 0 Å². The molecule has 0 atom stereocenters. The second kappa shape index (κ2) is 7.80. The highest BCUT2D eigenvalue weighted by Crippen LogP contribution is 2.18. The number of likely N-dealkylation sites (tertiary alicyclic amines) is 1. The van der Waals surface area contributed by atoms with Crippen LogP contribution < -0.4 is 5.32 Å². The molecule has 0 saturated carbocycles. The SMILES string of the molecule is N#CCCN/C=C(/C#N)C(=O)N1CCC(C(=O)O)CC1. The molecule has 1 aliphatic heterocycles. The van der Waals surface area contributed by atoms with Gasteiger partial charge in [0.15, 0.2) is 0 Å². The van der Waals surface area contributed by atoms with Crippen LogP contribution in [-0.4, -0.2) is 41.5 Å². The van der Waals surface area contributed by atoms with E-state index < -0.39 is 17.8 Å². The Morgan fingerprint density at radius 1 is 1.35 bits per heavy atom. The molecule has 0 spiro atoms. The number of carbonyl (C=O) groups is 2. The van der Waals surface area contributed by atoms with E-state index in [2.05, 4.69) is 5.32 Å². The fourth-order valence-electron chi connectivity index (χ4n) is 1.94. The van der Waals surface area contributed by atoms with Gasteiger partial charge in [-0.3, -0.25) is 9.59 Å². The molecule has 1 rings (SSSR count). The second-order valence-corrected chi connectivity index (χ2v) is 4.44. The van der Waals surface area contributed by atoms with Crippen molar-refractivity contribution in [2.45, 2.75) is 19.3 Å². The van der Waals surface area contributed by atoms with Crippen LogP contribution in [0.2, 0.25) is 0 Å². The van der Waals surface area contributed by atoms with Crippen molar-refractivity contribution in [2.24, 2.45) is 5.92 Å². The Kier molecular flexibility index (Phi) is 6.05. The molecule has 106 valence electrons. The Morgan fingerprint density at radius 3 is 2.50 bits per heavy atom. The Hall–Kier alpha value is -2.54. The molecule has 0 aromatic carbocycles. The Labute approximate surface area is 117 Å². The normalized spacial score (nSPS) is 16.1. The summed E-state index contributed by atoms with van der Waals surface area (Å²) in [4.78, 5) is 24.4. The van der Waals surface area contributed by atoms with Gasteiger partial charge in [-0.05, 0) is 12.8 Å². The molecule has 7 heteroatoms. The maximum Gasteiger partial charge on any atom is 0.306 e. The Morgan fingerprint density at radius 2 is 2.00 bits per heavy atom. The van der Waals surface area contributed by atoms with Crippen molar-refractivity contribution in [3.8, 4) is 12.1 Å². The molecule has 1 aliphatic rings. The van der Waals surface area contributed by atoms with E-state index in [1.165, 1.54) is 11.1 Å². The lowest BCUT2D eigenvalue weighted by atomic mass is 9.97. The van der Waals surface area contributed by atoms with E-state index in [1.807, 2.05) is 12.1 Å². The van der Waals surface area contributed by atoms with Gasteiger partial charge in [0.2, 0.25) is 0 Å². The van der Waals surface area contributed by atoms with Gasteiger partial charge in [0, 0.05) is 25.8 Å². The summed E-state index contributed by atoms with van der Waals surface area (Å²) in [5, 5.41) is 28.9. The van der Waals surface area contributed by atoms with Gasteiger partial charge in [-0.1, -0.05) is 0 Å². The van der Waals surface area contributed by atoms with Gasteiger partial charge in [-0.2, -0.15) is 10.5 Å². The molecular weight excluding hydrogens is 260 g/mol. The van der Waals surface area contributed by atoms with Crippen molar-refractivity contribution in [3.63, 3.8) is 0 Å². The lowest BCUT2D eigenvalue weighted by molar-refractivity contribution is -0.145. The number of rotatable bonds is 5. The molecule has 1 amide bonds. The lowest BCUT2D eigenvalue weighted by Gasteiger charge is -2.29. The smallest absolute Gasteiger partial charge is 0.306 e. The standard InChI is InChI=1S/C13H16N4O3/c14-4-1-5-16-9-11(8-15)12(18)17-6-2-10(3-7-17)13(19)20/h9-10,16H,1-3,5-7H2,(H,19,20)/b11-9-. The van der Waals surface area contributed by atoms with E-state index in [9.17, 15) is 9.59 Å². The maximum atomic E-state index is 12.1. The molecule has 0 aromatic rings. The number of carboxylic acid groups (broad SMARTS) is 1. The number of amides is 1. The number of hydrogen-bond acceptors (Lipinski definition) is 5. The zero-order valence-corrected chi connectivity index (χ0v) is 11.0. The number of aliphatic carboxylic acids is 1. The van der Waals surface area contributed by atoms with Crippen LogP contribution in [0, 0.1) is 28.6 Å². The van der Waals surface area contributed by atoms with E-state index in [0.29, 0.717) is 32.5 Å².